The molecule has 1 amide bonds. The van der Waals surface area contributed by atoms with E-state index in [1.807, 2.05) is 13.0 Å². The SMILES string of the molecule is Cc1ccc(C(C)NC(=O)C2CSCN2)cc1F. The molecule has 0 bridgehead atoms. The van der Waals surface area contributed by atoms with Crippen molar-refractivity contribution in [3.05, 3.63) is 35.1 Å². The Labute approximate surface area is 111 Å². The summed E-state index contributed by atoms with van der Waals surface area (Å²) in [4.78, 5) is 11.9. The standard InChI is InChI=1S/C13H17FN2OS/c1-8-3-4-10(5-11(8)14)9(2)16-13(17)12-6-18-7-15-12/h3-5,9,12,15H,6-7H2,1-2H3,(H,16,17). The molecule has 3 nitrogen and oxygen atoms in total. The van der Waals surface area contributed by atoms with Crippen LogP contribution in [0.3, 0.4) is 0 Å². The fourth-order valence-electron chi connectivity index (χ4n) is 1.84. The van der Waals surface area contributed by atoms with E-state index < -0.39 is 0 Å². The first-order valence-electron chi connectivity index (χ1n) is 5.95. The van der Waals surface area contributed by atoms with E-state index in [1.54, 1.807) is 24.8 Å². The van der Waals surface area contributed by atoms with E-state index in [1.165, 1.54) is 6.07 Å². The maximum atomic E-state index is 13.4. The molecule has 2 N–H and O–H groups in total. The number of carbonyl (C=O) groups excluding carboxylic acids is 1. The van der Waals surface area contributed by atoms with E-state index in [9.17, 15) is 9.18 Å². The summed E-state index contributed by atoms with van der Waals surface area (Å²) in [7, 11) is 0. The van der Waals surface area contributed by atoms with Crippen LogP contribution in [0.4, 0.5) is 4.39 Å². The van der Waals surface area contributed by atoms with Gasteiger partial charge in [-0.25, -0.2) is 4.39 Å². The summed E-state index contributed by atoms with van der Waals surface area (Å²) in [5, 5.41) is 6.01. The lowest BCUT2D eigenvalue weighted by Gasteiger charge is -2.17. The third kappa shape index (κ3) is 3.03. The van der Waals surface area contributed by atoms with E-state index in [2.05, 4.69) is 10.6 Å². The first-order chi connectivity index (χ1) is 8.58. The van der Waals surface area contributed by atoms with Crippen LogP contribution in [0.15, 0.2) is 18.2 Å². The summed E-state index contributed by atoms with van der Waals surface area (Å²) < 4.78 is 13.4. The molecule has 2 atom stereocenters. The zero-order valence-corrected chi connectivity index (χ0v) is 11.3. The number of carbonyl (C=O) groups is 1. The average molecular weight is 268 g/mol. The number of benzene rings is 1. The Balaban J connectivity index is 2.00. The second kappa shape index (κ2) is 5.71. The quantitative estimate of drug-likeness (QED) is 0.880. The molecule has 1 heterocycles. The lowest BCUT2D eigenvalue weighted by molar-refractivity contribution is -0.123. The van der Waals surface area contributed by atoms with Crippen LogP contribution in [0.5, 0.6) is 0 Å². The molecule has 0 aliphatic carbocycles. The molecule has 98 valence electrons. The highest BCUT2D eigenvalue weighted by molar-refractivity contribution is 7.99. The molecule has 1 aliphatic heterocycles. The highest BCUT2D eigenvalue weighted by Gasteiger charge is 2.23. The normalized spacial score (nSPS) is 20.7. The molecule has 1 aliphatic rings. The highest BCUT2D eigenvalue weighted by atomic mass is 32.2. The van der Waals surface area contributed by atoms with Gasteiger partial charge in [-0.05, 0) is 31.0 Å². The monoisotopic (exact) mass is 268 g/mol. The summed E-state index contributed by atoms with van der Waals surface area (Å²) >= 11 is 1.71. The Morgan fingerprint density at radius 3 is 3.00 bits per heavy atom. The minimum Gasteiger partial charge on any atom is -0.348 e. The fraction of sp³-hybridized carbons (Fsp3) is 0.462. The van der Waals surface area contributed by atoms with Crippen molar-refractivity contribution in [3.8, 4) is 0 Å². The Hall–Kier alpha value is -1.07. The molecule has 5 heteroatoms. The van der Waals surface area contributed by atoms with E-state index in [-0.39, 0.29) is 23.8 Å². The molecule has 1 saturated heterocycles. The van der Waals surface area contributed by atoms with Crippen molar-refractivity contribution in [1.29, 1.82) is 0 Å². The van der Waals surface area contributed by atoms with Gasteiger partial charge in [0.25, 0.3) is 0 Å². The fourth-order valence-corrected chi connectivity index (χ4v) is 2.78. The summed E-state index contributed by atoms with van der Waals surface area (Å²) in [5.41, 5.74) is 1.41. The van der Waals surface area contributed by atoms with Gasteiger partial charge in [-0.3, -0.25) is 10.1 Å². The molecule has 0 radical (unpaired) electrons. The Bertz CT molecular complexity index is 447. The Morgan fingerprint density at radius 2 is 2.39 bits per heavy atom. The van der Waals surface area contributed by atoms with Crippen molar-refractivity contribution in [1.82, 2.24) is 10.6 Å². The van der Waals surface area contributed by atoms with E-state index in [0.717, 1.165) is 17.2 Å². The second-order valence-corrected chi connectivity index (χ2v) is 5.54. The van der Waals surface area contributed by atoms with Gasteiger partial charge in [0.2, 0.25) is 5.91 Å². The van der Waals surface area contributed by atoms with Crippen LogP contribution in [0.2, 0.25) is 0 Å². The highest BCUT2D eigenvalue weighted by Crippen LogP contribution is 2.17. The molecule has 2 rings (SSSR count). The lowest BCUT2D eigenvalue weighted by atomic mass is 10.1. The second-order valence-electron chi connectivity index (χ2n) is 4.51. The van der Waals surface area contributed by atoms with E-state index in [4.69, 9.17) is 0 Å². The number of hydrogen-bond acceptors (Lipinski definition) is 3. The molecular formula is C13H17FN2OS. The number of amides is 1. The van der Waals surface area contributed by atoms with Crippen LogP contribution >= 0.6 is 11.8 Å². The topological polar surface area (TPSA) is 41.1 Å². The lowest BCUT2D eigenvalue weighted by Crippen LogP contribution is -2.42. The van der Waals surface area contributed by atoms with Crippen LogP contribution in [0.1, 0.15) is 24.1 Å². The van der Waals surface area contributed by atoms with Gasteiger partial charge >= 0.3 is 0 Å². The minimum absolute atomic E-state index is 0.0199. The van der Waals surface area contributed by atoms with Gasteiger partial charge < -0.3 is 5.32 Å². The maximum Gasteiger partial charge on any atom is 0.238 e. The largest absolute Gasteiger partial charge is 0.348 e. The summed E-state index contributed by atoms with van der Waals surface area (Å²) in [6, 6.07) is 4.75. The predicted octanol–water partition coefficient (Wildman–Crippen LogP) is 1.97. The van der Waals surface area contributed by atoms with Gasteiger partial charge in [-0.1, -0.05) is 12.1 Å². The molecule has 1 aromatic carbocycles. The van der Waals surface area contributed by atoms with Gasteiger partial charge in [0, 0.05) is 11.6 Å². The Morgan fingerprint density at radius 1 is 1.61 bits per heavy atom. The number of nitrogens with one attached hydrogen (secondary N) is 2. The van der Waals surface area contributed by atoms with Gasteiger partial charge in [0.15, 0.2) is 0 Å². The average Bonchev–Trinajstić information content (AvgIpc) is 2.86. The molecule has 2 unspecified atom stereocenters. The van der Waals surface area contributed by atoms with Crippen molar-refractivity contribution in [2.75, 3.05) is 11.6 Å². The van der Waals surface area contributed by atoms with Gasteiger partial charge in [0.05, 0.1) is 12.1 Å². The van der Waals surface area contributed by atoms with Crippen molar-refractivity contribution in [2.24, 2.45) is 0 Å². The molecule has 0 spiro atoms. The van der Waals surface area contributed by atoms with Gasteiger partial charge in [0.1, 0.15) is 5.82 Å². The van der Waals surface area contributed by atoms with Crippen molar-refractivity contribution < 1.29 is 9.18 Å². The van der Waals surface area contributed by atoms with Gasteiger partial charge in [-0.2, -0.15) is 0 Å². The van der Waals surface area contributed by atoms with Crippen LogP contribution < -0.4 is 10.6 Å². The zero-order chi connectivity index (χ0) is 13.1. The third-order valence-corrected chi connectivity index (χ3v) is 4.03. The first-order valence-corrected chi connectivity index (χ1v) is 7.11. The molecule has 18 heavy (non-hydrogen) atoms. The van der Waals surface area contributed by atoms with Gasteiger partial charge in [-0.15, -0.1) is 11.8 Å². The molecule has 0 saturated carbocycles. The van der Waals surface area contributed by atoms with Crippen molar-refractivity contribution in [2.45, 2.75) is 25.9 Å². The molecule has 1 fully saturated rings. The van der Waals surface area contributed by atoms with Crippen LogP contribution in [0, 0.1) is 12.7 Å². The van der Waals surface area contributed by atoms with Crippen molar-refractivity contribution in [3.63, 3.8) is 0 Å². The van der Waals surface area contributed by atoms with Crippen LogP contribution in [-0.4, -0.2) is 23.6 Å². The molecule has 1 aromatic rings. The number of hydrogen-bond donors (Lipinski definition) is 2. The van der Waals surface area contributed by atoms with E-state index in [0.29, 0.717) is 5.56 Å². The van der Waals surface area contributed by atoms with E-state index >= 15 is 0 Å². The summed E-state index contributed by atoms with van der Waals surface area (Å²) in [6.45, 7) is 3.59. The number of aryl methyl sites for hydroxylation is 1. The maximum absolute atomic E-state index is 13.4. The first kappa shape index (κ1) is 13.4. The summed E-state index contributed by atoms with van der Waals surface area (Å²) in [5.74, 6) is 1.35. The van der Waals surface area contributed by atoms with Crippen LogP contribution in [-0.2, 0) is 4.79 Å². The predicted molar refractivity (Wildman–Crippen MR) is 71.9 cm³/mol. The molecular weight excluding hydrogens is 251 g/mol. The van der Waals surface area contributed by atoms with Crippen molar-refractivity contribution >= 4 is 17.7 Å². The number of halogens is 1. The molecule has 0 aromatic heterocycles. The minimum atomic E-state index is -0.233. The van der Waals surface area contributed by atoms with Crippen LogP contribution in [0.25, 0.3) is 0 Å². The Kier molecular flexibility index (Phi) is 4.24. The zero-order valence-electron chi connectivity index (χ0n) is 10.5. The summed E-state index contributed by atoms with van der Waals surface area (Å²) in [6.07, 6.45) is 0. The number of rotatable bonds is 3. The number of thioether (sulfide) groups is 1. The third-order valence-electron chi connectivity index (χ3n) is 3.09. The smallest absolute Gasteiger partial charge is 0.238 e.